The van der Waals surface area contributed by atoms with Gasteiger partial charge in [-0.25, -0.2) is 4.98 Å². The van der Waals surface area contributed by atoms with E-state index in [0.717, 1.165) is 12.6 Å². The predicted molar refractivity (Wildman–Crippen MR) is 74.4 cm³/mol. The van der Waals surface area contributed by atoms with Gasteiger partial charge in [0.25, 0.3) is 0 Å². The Morgan fingerprint density at radius 3 is 3.00 bits per heavy atom. The van der Waals surface area contributed by atoms with E-state index in [9.17, 15) is 0 Å². The van der Waals surface area contributed by atoms with E-state index in [2.05, 4.69) is 24.1 Å². The van der Waals surface area contributed by atoms with Crippen molar-refractivity contribution in [3.05, 3.63) is 11.6 Å². The topological polar surface area (TPSA) is 24.9 Å². The Kier molecular flexibility index (Phi) is 7.89. The zero-order chi connectivity index (χ0) is 11.6. The van der Waals surface area contributed by atoms with Crippen LogP contribution in [0.4, 0.5) is 0 Å². The minimum absolute atomic E-state index is 0.717. The number of nitrogens with zero attached hydrogens (tertiary/aromatic N) is 1. The molecule has 0 radical (unpaired) electrons. The normalized spacial score (nSPS) is 12.9. The average Bonchev–Trinajstić information content (AvgIpc) is 2.80. The molecule has 0 spiro atoms. The number of hydrogen-bond acceptors (Lipinski definition) is 4. The Hall–Kier alpha value is -0.0600. The summed E-state index contributed by atoms with van der Waals surface area (Å²) in [6.07, 6.45) is 6.92. The third-order valence-electron chi connectivity index (χ3n) is 2.52. The zero-order valence-electron chi connectivity index (χ0n) is 10.2. The van der Waals surface area contributed by atoms with Crippen LogP contribution in [0.25, 0.3) is 0 Å². The number of thiazole rings is 1. The maximum Gasteiger partial charge on any atom is 0.149 e. The molecule has 1 heterocycles. The summed E-state index contributed by atoms with van der Waals surface area (Å²) in [4.78, 5) is 4.26. The molecule has 0 aliphatic heterocycles. The fourth-order valence-electron chi connectivity index (χ4n) is 1.62. The maximum absolute atomic E-state index is 4.26. The van der Waals surface area contributed by atoms with Crippen LogP contribution in [0.15, 0.2) is 15.9 Å². The SMILES string of the molecule is CCCC(CC)NCCCSc1nccs1. The monoisotopic (exact) mass is 258 g/mol. The van der Waals surface area contributed by atoms with Gasteiger partial charge >= 0.3 is 0 Å². The molecule has 0 aliphatic carbocycles. The Morgan fingerprint density at radius 2 is 2.38 bits per heavy atom. The molecule has 1 atom stereocenters. The van der Waals surface area contributed by atoms with Gasteiger partial charge in [0.05, 0.1) is 0 Å². The molecule has 0 fully saturated rings. The molecule has 1 N–H and O–H groups in total. The third kappa shape index (κ3) is 5.87. The Labute approximate surface area is 107 Å². The summed E-state index contributed by atoms with van der Waals surface area (Å²) < 4.78 is 1.19. The van der Waals surface area contributed by atoms with Gasteiger partial charge in [-0.1, -0.05) is 32.0 Å². The zero-order valence-corrected chi connectivity index (χ0v) is 11.9. The minimum atomic E-state index is 0.717. The van der Waals surface area contributed by atoms with Crippen molar-refractivity contribution >= 4 is 23.1 Å². The highest BCUT2D eigenvalue weighted by Gasteiger charge is 2.03. The smallest absolute Gasteiger partial charge is 0.149 e. The van der Waals surface area contributed by atoms with Gasteiger partial charge in [0.2, 0.25) is 0 Å². The van der Waals surface area contributed by atoms with Gasteiger partial charge in [0, 0.05) is 23.4 Å². The molecule has 1 unspecified atom stereocenters. The highest BCUT2D eigenvalue weighted by atomic mass is 32.2. The Bertz CT molecular complexity index is 250. The second-order valence-corrected chi connectivity index (χ2v) is 6.08. The molecule has 2 nitrogen and oxygen atoms in total. The van der Waals surface area contributed by atoms with Gasteiger partial charge < -0.3 is 5.32 Å². The largest absolute Gasteiger partial charge is 0.314 e. The van der Waals surface area contributed by atoms with Crippen LogP contribution < -0.4 is 5.32 Å². The van der Waals surface area contributed by atoms with E-state index < -0.39 is 0 Å². The van der Waals surface area contributed by atoms with Gasteiger partial charge in [0.15, 0.2) is 0 Å². The summed E-state index contributed by atoms with van der Waals surface area (Å²) in [5.41, 5.74) is 0. The van der Waals surface area contributed by atoms with Gasteiger partial charge in [-0.05, 0) is 25.8 Å². The third-order valence-corrected chi connectivity index (χ3v) is 4.57. The lowest BCUT2D eigenvalue weighted by molar-refractivity contribution is 0.464. The minimum Gasteiger partial charge on any atom is -0.314 e. The predicted octanol–water partition coefficient (Wildman–Crippen LogP) is 3.79. The van der Waals surface area contributed by atoms with Gasteiger partial charge in [-0.3, -0.25) is 0 Å². The quantitative estimate of drug-likeness (QED) is 0.539. The number of nitrogens with one attached hydrogen (secondary N) is 1. The maximum atomic E-state index is 4.26. The molecule has 0 amide bonds. The highest BCUT2D eigenvalue weighted by Crippen LogP contribution is 2.20. The van der Waals surface area contributed by atoms with Crippen LogP contribution in [0.1, 0.15) is 39.5 Å². The van der Waals surface area contributed by atoms with Gasteiger partial charge in [-0.2, -0.15) is 0 Å². The van der Waals surface area contributed by atoms with E-state index in [0.29, 0.717) is 0 Å². The molecule has 4 heteroatoms. The van der Waals surface area contributed by atoms with Crippen LogP contribution in [-0.4, -0.2) is 23.3 Å². The molecule has 0 saturated carbocycles. The van der Waals surface area contributed by atoms with E-state index in [1.807, 2.05) is 23.3 Å². The van der Waals surface area contributed by atoms with Crippen LogP contribution in [-0.2, 0) is 0 Å². The van der Waals surface area contributed by atoms with Crippen LogP contribution in [0.2, 0.25) is 0 Å². The van der Waals surface area contributed by atoms with Crippen molar-refractivity contribution in [2.24, 2.45) is 0 Å². The standard InChI is InChI=1S/C12H22N2S2/c1-3-6-11(4-2)13-7-5-9-15-12-14-8-10-16-12/h8,10-11,13H,3-7,9H2,1-2H3. The molecule has 1 aromatic rings. The molecule has 1 aromatic heterocycles. The lowest BCUT2D eigenvalue weighted by atomic mass is 10.1. The van der Waals surface area contributed by atoms with Crippen molar-refractivity contribution in [3.63, 3.8) is 0 Å². The number of hydrogen-bond donors (Lipinski definition) is 1. The van der Waals surface area contributed by atoms with Crippen molar-refractivity contribution in [3.8, 4) is 0 Å². The van der Waals surface area contributed by atoms with Gasteiger partial charge in [0.1, 0.15) is 4.34 Å². The number of thioether (sulfide) groups is 1. The summed E-state index contributed by atoms with van der Waals surface area (Å²) in [5.74, 6) is 1.17. The lowest BCUT2D eigenvalue weighted by Gasteiger charge is -2.15. The Balaban J connectivity index is 1.98. The molecular formula is C12H22N2S2. The average molecular weight is 258 g/mol. The van der Waals surface area contributed by atoms with Crippen LogP contribution in [0.5, 0.6) is 0 Å². The highest BCUT2D eigenvalue weighted by molar-refractivity contribution is 8.00. The van der Waals surface area contributed by atoms with Crippen molar-refractivity contribution < 1.29 is 0 Å². The fraction of sp³-hybridized carbons (Fsp3) is 0.750. The van der Waals surface area contributed by atoms with Gasteiger partial charge in [-0.15, -0.1) is 11.3 Å². The van der Waals surface area contributed by atoms with Crippen molar-refractivity contribution in [1.29, 1.82) is 0 Å². The molecule has 0 aromatic carbocycles. The van der Waals surface area contributed by atoms with E-state index in [1.54, 1.807) is 11.3 Å². The summed E-state index contributed by atoms with van der Waals surface area (Å²) in [7, 11) is 0. The van der Waals surface area contributed by atoms with E-state index in [1.165, 1.54) is 35.8 Å². The summed E-state index contributed by atoms with van der Waals surface area (Å²) in [5, 5.41) is 5.66. The summed E-state index contributed by atoms with van der Waals surface area (Å²) in [6.45, 7) is 5.65. The molecule has 0 aliphatic rings. The van der Waals surface area contributed by atoms with Crippen LogP contribution in [0.3, 0.4) is 0 Å². The fourth-order valence-corrected chi connectivity index (χ4v) is 3.27. The molecular weight excluding hydrogens is 236 g/mol. The molecule has 0 saturated heterocycles. The molecule has 92 valence electrons. The summed E-state index contributed by atoms with van der Waals surface area (Å²) >= 11 is 3.60. The number of rotatable bonds is 9. The van der Waals surface area contributed by atoms with Crippen molar-refractivity contribution in [2.75, 3.05) is 12.3 Å². The van der Waals surface area contributed by atoms with Crippen molar-refractivity contribution in [2.45, 2.75) is 49.9 Å². The first-order chi connectivity index (χ1) is 7.86. The van der Waals surface area contributed by atoms with Crippen molar-refractivity contribution in [1.82, 2.24) is 10.3 Å². The van der Waals surface area contributed by atoms with E-state index in [4.69, 9.17) is 0 Å². The first-order valence-corrected chi connectivity index (χ1v) is 7.99. The van der Waals surface area contributed by atoms with E-state index >= 15 is 0 Å². The second-order valence-electron chi connectivity index (χ2n) is 3.85. The van der Waals surface area contributed by atoms with Crippen LogP contribution in [0, 0.1) is 0 Å². The summed E-state index contributed by atoms with van der Waals surface area (Å²) in [6, 6.07) is 0.717. The second kappa shape index (κ2) is 9.02. The lowest BCUT2D eigenvalue weighted by Crippen LogP contribution is -2.29. The van der Waals surface area contributed by atoms with Crippen LogP contribution >= 0.6 is 23.1 Å². The molecule has 1 rings (SSSR count). The first kappa shape index (κ1) is 14.0. The first-order valence-electron chi connectivity index (χ1n) is 6.12. The molecule has 16 heavy (non-hydrogen) atoms. The number of aromatic nitrogens is 1. The molecule has 0 bridgehead atoms. The Morgan fingerprint density at radius 1 is 1.50 bits per heavy atom. The van der Waals surface area contributed by atoms with E-state index in [-0.39, 0.29) is 0 Å².